The van der Waals surface area contributed by atoms with E-state index in [2.05, 4.69) is 31.3 Å². The zero-order chi connectivity index (χ0) is 50.0. The minimum atomic E-state index is -0.848. The summed E-state index contributed by atoms with van der Waals surface area (Å²) in [5.41, 5.74) is 0. The Hall–Kier alpha value is -1.66. The molecule has 408 valence electrons. The molecule has 6 nitrogen and oxygen atoms in total. The smallest absolute Gasteiger partial charge is 0.305 e. The van der Waals surface area contributed by atoms with Crippen molar-refractivity contribution < 1.29 is 24.5 Å². The van der Waals surface area contributed by atoms with E-state index >= 15 is 0 Å². The number of nitrogens with one attached hydrogen (secondary N) is 1. The zero-order valence-electron chi connectivity index (χ0n) is 46.6. The molecular formula is C63H121NO5. The van der Waals surface area contributed by atoms with E-state index in [1.54, 1.807) is 6.08 Å². The molecule has 0 saturated carbocycles. The number of hydrogen-bond donors (Lipinski definition) is 3. The summed E-state index contributed by atoms with van der Waals surface area (Å²) in [6.07, 6.45) is 72.2. The molecule has 3 N–H and O–H groups in total. The number of carbonyl (C=O) groups excluding carboxylic acids is 2. The highest BCUT2D eigenvalue weighted by Gasteiger charge is 2.18. The third-order valence-corrected chi connectivity index (χ3v) is 14.5. The monoisotopic (exact) mass is 972 g/mol. The number of aliphatic hydroxyl groups excluding tert-OH is 2. The van der Waals surface area contributed by atoms with Crippen LogP contribution in [0.2, 0.25) is 0 Å². The molecular weight excluding hydrogens is 851 g/mol. The van der Waals surface area contributed by atoms with Gasteiger partial charge in [0.1, 0.15) is 0 Å². The molecule has 0 rings (SSSR count). The molecule has 0 aromatic heterocycles. The Bertz CT molecular complexity index is 1080. The van der Waals surface area contributed by atoms with Crippen LogP contribution in [0.5, 0.6) is 0 Å². The SMILES string of the molecule is CCCCCCCCCCCCCC/C=C/C(O)C(CO)NC(=O)CCCCCCCCC/C=C\CCCCCCCCCCCCOC(=O)CCCCCCCCCCCCCCCCCCC. The molecule has 0 spiro atoms. The van der Waals surface area contributed by atoms with Crippen LogP contribution in [0.15, 0.2) is 24.3 Å². The second-order valence-corrected chi connectivity index (χ2v) is 21.4. The number of hydrogen-bond acceptors (Lipinski definition) is 5. The average Bonchev–Trinajstić information content (AvgIpc) is 3.35. The van der Waals surface area contributed by atoms with E-state index in [0.717, 1.165) is 44.9 Å². The van der Waals surface area contributed by atoms with Crippen molar-refractivity contribution in [3.05, 3.63) is 24.3 Å². The minimum absolute atomic E-state index is 0.0118. The number of ether oxygens (including phenoxy) is 1. The van der Waals surface area contributed by atoms with E-state index < -0.39 is 12.1 Å². The molecule has 0 fully saturated rings. The molecule has 0 heterocycles. The van der Waals surface area contributed by atoms with Crippen molar-refractivity contribution in [2.75, 3.05) is 13.2 Å². The van der Waals surface area contributed by atoms with Gasteiger partial charge < -0.3 is 20.3 Å². The Morgan fingerprint density at radius 3 is 1.03 bits per heavy atom. The second kappa shape index (κ2) is 58.9. The fraction of sp³-hybridized carbons (Fsp3) is 0.905. The summed E-state index contributed by atoms with van der Waals surface area (Å²) in [4.78, 5) is 24.5. The van der Waals surface area contributed by atoms with Crippen molar-refractivity contribution >= 4 is 11.9 Å². The fourth-order valence-electron chi connectivity index (χ4n) is 9.69. The van der Waals surface area contributed by atoms with E-state index in [4.69, 9.17) is 4.74 Å². The predicted octanol–water partition coefficient (Wildman–Crippen LogP) is 19.4. The van der Waals surface area contributed by atoms with Crippen LogP contribution in [0, 0.1) is 0 Å². The molecule has 0 radical (unpaired) electrons. The first-order valence-corrected chi connectivity index (χ1v) is 31.1. The van der Waals surface area contributed by atoms with E-state index in [9.17, 15) is 19.8 Å². The number of unbranched alkanes of at least 4 members (excludes halogenated alkanes) is 45. The number of amides is 1. The van der Waals surface area contributed by atoms with Crippen LogP contribution in [0.1, 0.15) is 341 Å². The summed E-state index contributed by atoms with van der Waals surface area (Å²) in [6.45, 7) is 4.92. The van der Waals surface area contributed by atoms with Gasteiger partial charge in [-0.25, -0.2) is 0 Å². The molecule has 6 heteroatoms. The van der Waals surface area contributed by atoms with E-state index in [1.165, 1.54) is 270 Å². The average molecular weight is 973 g/mol. The van der Waals surface area contributed by atoms with Gasteiger partial charge in [0.15, 0.2) is 0 Å². The Labute approximate surface area is 431 Å². The lowest BCUT2D eigenvalue weighted by atomic mass is 10.0. The number of carbonyl (C=O) groups is 2. The van der Waals surface area contributed by atoms with Gasteiger partial charge in [0.2, 0.25) is 5.91 Å². The normalized spacial score (nSPS) is 12.7. The van der Waals surface area contributed by atoms with Gasteiger partial charge in [0.25, 0.3) is 0 Å². The third-order valence-electron chi connectivity index (χ3n) is 14.5. The lowest BCUT2D eigenvalue weighted by Crippen LogP contribution is -2.45. The highest BCUT2D eigenvalue weighted by Crippen LogP contribution is 2.17. The van der Waals surface area contributed by atoms with Crippen molar-refractivity contribution in [2.45, 2.75) is 353 Å². The van der Waals surface area contributed by atoms with Crippen LogP contribution in [-0.4, -0.2) is 47.4 Å². The van der Waals surface area contributed by atoms with Crippen molar-refractivity contribution in [3.63, 3.8) is 0 Å². The van der Waals surface area contributed by atoms with Crippen molar-refractivity contribution in [1.29, 1.82) is 0 Å². The van der Waals surface area contributed by atoms with Gasteiger partial charge in [0.05, 0.1) is 25.4 Å². The molecule has 0 aromatic rings. The van der Waals surface area contributed by atoms with E-state index in [0.29, 0.717) is 19.4 Å². The molecule has 0 aromatic carbocycles. The molecule has 2 atom stereocenters. The Kier molecular flexibility index (Phi) is 57.5. The number of aliphatic hydroxyl groups is 2. The Morgan fingerprint density at radius 2 is 0.681 bits per heavy atom. The molecule has 2 unspecified atom stereocenters. The molecule has 69 heavy (non-hydrogen) atoms. The Balaban J connectivity index is 3.42. The van der Waals surface area contributed by atoms with Gasteiger partial charge in [-0.1, -0.05) is 295 Å². The maximum absolute atomic E-state index is 12.5. The molecule has 0 saturated heterocycles. The molecule has 0 bridgehead atoms. The van der Waals surface area contributed by atoms with E-state index in [-0.39, 0.29) is 18.5 Å². The lowest BCUT2D eigenvalue weighted by Gasteiger charge is -2.20. The molecule has 1 amide bonds. The standard InChI is InChI=1S/C63H121NO5/c1-3-5-7-9-11-13-15-17-19-25-29-33-37-41-45-49-53-57-63(68)69-58-54-50-46-42-38-34-30-27-24-22-20-21-23-26-28-32-36-40-44-48-52-56-62(67)64-60(59-65)61(66)55-51-47-43-39-35-31-18-16-14-12-10-8-6-4-2/h21,23,51,55,60-61,65-66H,3-20,22,24-50,52-54,56-59H2,1-2H3,(H,64,67)/b23-21-,55-51+. The van der Waals surface area contributed by atoms with Gasteiger partial charge in [0, 0.05) is 12.8 Å². The highest BCUT2D eigenvalue weighted by atomic mass is 16.5. The number of allylic oxidation sites excluding steroid dienone is 3. The quantitative estimate of drug-likeness (QED) is 0.0321. The zero-order valence-corrected chi connectivity index (χ0v) is 46.6. The minimum Gasteiger partial charge on any atom is -0.466 e. The van der Waals surface area contributed by atoms with Crippen molar-refractivity contribution in [3.8, 4) is 0 Å². The largest absolute Gasteiger partial charge is 0.466 e. The summed E-state index contributed by atoms with van der Waals surface area (Å²) in [6, 6.07) is -0.633. The lowest BCUT2D eigenvalue weighted by molar-refractivity contribution is -0.143. The molecule has 0 aliphatic carbocycles. The van der Waals surface area contributed by atoms with Crippen LogP contribution in [-0.2, 0) is 14.3 Å². The van der Waals surface area contributed by atoms with Gasteiger partial charge in [-0.3, -0.25) is 9.59 Å². The molecule has 0 aliphatic rings. The third kappa shape index (κ3) is 55.5. The van der Waals surface area contributed by atoms with Crippen molar-refractivity contribution in [1.82, 2.24) is 5.32 Å². The van der Waals surface area contributed by atoms with Crippen LogP contribution in [0.25, 0.3) is 0 Å². The van der Waals surface area contributed by atoms with E-state index in [1.807, 2.05) is 6.08 Å². The highest BCUT2D eigenvalue weighted by molar-refractivity contribution is 5.76. The summed E-state index contributed by atoms with van der Waals surface area (Å²) < 4.78 is 5.49. The summed E-state index contributed by atoms with van der Waals surface area (Å²) in [5.74, 6) is -0.0627. The molecule has 0 aliphatic heterocycles. The number of esters is 1. The summed E-state index contributed by atoms with van der Waals surface area (Å²) in [7, 11) is 0. The van der Waals surface area contributed by atoms with Crippen LogP contribution in [0.4, 0.5) is 0 Å². The number of rotatable bonds is 58. The van der Waals surface area contributed by atoms with Crippen molar-refractivity contribution in [2.24, 2.45) is 0 Å². The van der Waals surface area contributed by atoms with Gasteiger partial charge in [-0.15, -0.1) is 0 Å². The van der Waals surface area contributed by atoms with Gasteiger partial charge >= 0.3 is 5.97 Å². The van der Waals surface area contributed by atoms with Crippen LogP contribution < -0.4 is 5.32 Å². The Morgan fingerprint density at radius 1 is 0.391 bits per heavy atom. The maximum atomic E-state index is 12.5. The van der Waals surface area contributed by atoms with Gasteiger partial charge in [-0.05, 0) is 57.8 Å². The van der Waals surface area contributed by atoms with Gasteiger partial charge in [-0.2, -0.15) is 0 Å². The van der Waals surface area contributed by atoms with Crippen LogP contribution >= 0.6 is 0 Å². The predicted molar refractivity (Wildman–Crippen MR) is 301 cm³/mol. The first kappa shape index (κ1) is 67.3. The first-order chi connectivity index (χ1) is 34.0. The maximum Gasteiger partial charge on any atom is 0.305 e. The fourth-order valence-corrected chi connectivity index (χ4v) is 9.69. The summed E-state index contributed by atoms with van der Waals surface area (Å²) >= 11 is 0. The summed E-state index contributed by atoms with van der Waals surface area (Å²) in [5, 5.41) is 23.1. The second-order valence-electron chi connectivity index (χ2n) is 21.4. The van der Waals surface area contributed by atoms with Crippen LogP contribution in [0.3, 0.4) is 0 Å². The topological polar surface area (TPSA) is 95.9 Å². The first-order valence-electron chi connectivity index (χ1n) is 31.1.